The number of thioether (sulfide) groups is 1. The molecule has 2 aliphatic heterocycles. The second-order valence-electron chi connectivity index (χ2n) is 10.4. The number of carboxylic acid groups (broad SMARTS) is 1. The highest BCUT2D eigenvalue weighted by atomic mass is 32.2. The van der Waals surface area contributed by atoms with Crippen LogP contribution in [0.25, 0.3) is 10.8 Å². The van der Waals surface area contributed by atoms with Gasteiger partial charge in [-0.2, -0.15) is 0 Å². The molecule has 2 fully saturated rings. The van der Waals surface area contributed by atoms with E-state index in [0.717, 1.165) is 0 Å². The zero-order valence-electron chi connectivity index (χ0n) is 22.6. The molecule has 3 atom stereocenters. The minimum absolute atomic E-state index is 0.0721. The van der Waals surface area contributed by atoms with Crippen molar-refractivity contribution in [2.45, 2.75) is 54.5 Å². The van der Waals surface area contributed by atoms with Gasteiger partial charge in [-0.25, -0.2) is 4.79 Å². The fourth-order valence-corrected chi connectivity index (χ4v) is 8.97. The highest BCUT2D eigenvalue weighted by molar-refractivity contribution is 8.01. The van der Waals surface area contributed by atoms with Gasteiger partial charge in [-0.15, -0.1) is 11.8 Å². The Morgan fingerprint density at radius 2 is 1.71 bits per heavy atom. The third-order valence-electron chi connectivity index (χ3n) is 7.21. The number of carbonyl (C=O) groups excluding carboxylic acids is 2. The fourth-order valence-electron chi connectivity index (χ4n) is 5.18. The Balaban J connectivity index is 1.64. The van der Waals surface area contributed by atoms with Crippen molar-refractivity contribution in [2.24, 2.45) is 0 Å². The van der Waals surface area contributed by atoms with Gasteiger partial charge in [-0.1, -0.05) is 24.3 Å². The first-order valence-electron chi connectivity index (χ1n) is 12.7. The molecular formula is C24H31N3O12P2S. The van der Waals surface area contributed by atoms with Crippen LogP contribution in [0.15, 0.2) is 30.3 Å². The predicted octanol–water partition coefficient (Wildman–Crippen LogP) is 1.29. The molecule has 0 saturated carbocycles. The molecule has 0 spiro atoms. The molecule has 2 aliphatic rings. The number of rotatable bonds is 11. The summed E-state index contributed by atoms with van der Waals surface area (Å²) in [6.45, 7) is 4.74. The van der Waals surface area contributed by atoms with Crippen LogP contribution >= 0.6 is 27.0 Å². The van der Waals surface area contributed by atoms with Crippen LogP contribution in [0.5, 0.6) is 5.75 Å². The van der Waals surface area contributed by atoms with Crippen molar-refractivity contribution < 1.29 is 58.0 Å². The quantitative estimate of drug-likeness (QED) is 0.127. The molecule has 0 bridgehead atoms. The molecule has 18 heteroatoms. The number of hydrogen-bond donors (Lipinski definition) is 8. The number of benzene rings is 2. The van der Waals surface area contributed by atoms with Crippen molar-refractivity contribution in [3.8, 4) is 5.75 Å². The Bertz CT molecular complexity index is 1520. The smallest absolute Gasteiger partial charge is 0.369 e. The van der Waals surface area contributed by atoms with Crippen LogP contribution in [0.3, 0.4) is 0 Å². The maximum atomic E-state index is 13.6. The summed E-state index contributed by atoms with van der Waals surface area (Å²) >= 11 is 1.27. The van der Waals surface area contributed by atoms with Crippen molar-refractivity contribution in [2.75, 3.05) is 18.5 Å². The normalized spacial score (nSPS) is 22.0. The Hall–Kier alpha value is -2.68. The summed E-state index contributed by atoms with van der Waals surface area (Å²) in [6, 6.07) is 5.89. The molecule has 2 saturated heterocycles. The predicted molar refractivity (Wildman–Crippen MR) is 152 cm³/mol. The lowest BCUT2D eigenvalue weighted by Gasteiger charge is -2.43. The van der Waals surface area contributed by atoms with Crippen molar-refractivity contribution in [1.29, 1.82) is 0 Å². The Kier molecular flexibility index (Phi) is 8.53. The molecule has 2 amide bonds. The Morgan fingerprint density at radius 1 is 1.12 bits per heavy atom. The maximum Gasteiger partial charge on any atom is 0.369 e. The molecule has 0 radical (unpaired) electrons. The molecule has 0 aromatic heterocycles. The summed E-state index contributed by atoms with van der Waals surface area (Å²) in [4.78, 5) is 77.3. The Morgan fingerprint density at radius 3 is 2.26 bits per heavy atom. The number of hydrogen-bond acceptors (Lipinski definition) is 9. The molecule has 230 valence electrons. The van der Waals surface area contributed by atoms with Gasteiger partial charge in [0, 0.05) is 40.2 Å². The number of carboxylic acids is 1. The molecular weight excluding hydrogens is 616 g/mol. The third-order valence-corrected chi connectivity index (χ3v) is 12.7. The van der Waals surface area contributed by atoms with E-state index in [9.17, 15) is 53.3 Å². The van der Waals surface area contributed by atoms with Crippen molar-refractivity contribution in [3.05, 3.63) is 35.9 Å². The van der Waals surface area contributed by atoms with Gasteiger partial charge in [0.05, 0.1) is 12.2 Å². The van der Waals surface area contributed by atoms with Crippen LogP contribution in [-0.2, 0) is 18.7 Å². The van der Waals surface area contributed by atoms with E-state index < -0.39 is 73.2 Å². The van der Waals surface area contributed by atoms with E-state index in [4.69, 9.17) is 4.74 Å². The van der Waals surface area contributed by atoms with Gasteiger partial charge in [0.15, 0.2) is 0 Å². The third kappa shape index (κ3) is 5.42. The molecule has 8 N–H and O–H groups in total. The van der Waals surface area contributed by atoms with Crippen LogP contribution in [0.2, 0.25) is 0 Å². The number of aliphatic carboxylic acids is 1. The summed E-state index contributed by atoms with van der Waals surface area (Å²) in [5, 5.41) is 21.9. The topological polar surface area (TPSA) is 243 Å². The van der Waals surface area contributed by atoms with Crippen molar-refractivity contribution in [3.63, 3.8) is 0 Å². The molecule has 42 heavy (non-hydrogen) atoms. The SMILES string of the molecule is CCOc1cc(NCCC(O)(P(=O)(O)O)P(=O)(O)O)c2ccccc2c1C(=O)NC1C(=O)N2C1SC(C)(C)C2C(=O)O. The van der Waals surface area contributed by atoms with Crippen LogP contribution in [0, 0.1) is 0 Å². The van der Waals surface area contributed by atoms with Gasteiger partial charge >= 0.3 is 21.2 Å². The highest BCUT2D eigenvalue weighted by Crippen LogP contribution is 2.68. The summed E-state index contributed by atoms with van der Waals surface area (Å²) in [7, 11) is -11.3. The van der Waals surface area contributed by atoms with E-state index in [1.165, 1.54) is 22.7 Å². The first-order valence-corrected chi connectivity index (χ1v) is 16.8. The first-order chi connectivity index (χ1) is 19.4. The number of ether oxygens (including phenoxy) is 1. The van der Waals surface area contributed by atoms with E-state index in [1.54, 1.807) is 45.0 Å². The van der Waals surface area contributed by atoms with Crippen LogP contribution in [-0.4, -0.2) is 92.9 Å². The molecule has 2 heterocycles. The number of nitrogens with zero attached hydrogens (tertiary/aromatic N) is 1. The summed E-state index contributed by atoms with van der Waals surface area (Å²) in [5.41, 5.74) is 0.343. The number of aliphatic hydroxyl groups is 1. The van der Waals surface area contributed by atoms with Gasteiger partial charge in [-0.3, -0.25) is 18.7 Å². The molecule has 3 unspecified atom stereocenters. The number of fused-ring (bicyclic) bond motifs is 2. The van der Waals surface area contributed by atoms with Crippen molar-refractivity contribution in [1.82, 2.24) is 10.2 Å². The number of amides is 2. The maximum absolute atomic E-state index is 13.6. The summed E-state index contributed by atoms with van der Waals surface area (Å²) < 4.78 is 28.4. The molecule has 2 aromatic rings. The zero-order valence-corrected chi connectivity index (χ0v) is 25.2. The van der Waals surface area contributed by atoms with Crippen LogP contribution in [0.1, 0.15) is 37.6 Å². The average molecular weight is 648 g/mol. The van der Waals surface area contributed by atoms with Crippen LogP contribution < -0.4 is 15.4 Å². The second kappa shape index (κ2) is 11.1. The standard InChI is InChI=1S/C24H31N3O12P2S/c1-4-39-15-11-14(25-10-9-24(32,40(33,34)35)41(36,37)38)12-7-5-6-8-13(12)16(15)19(28)26-17-20(29)27-18(22(30)31)23(2,3)42-21(17)27/h5-8,11,17-18,21,25,32H,4,9-10H2,1-3H3,(H,26,28)(H,30,31)(H2,33,34,35)(H2,36,37,38). The van der Waals surface area contributed by atoms with Gasteiger partial charge in [0.25, 0.3) is 11.0 Å². The number of anilines is 1. The minimum Gasteiger partial charge on any atom is -0.493 e. The lowest BCUT2D eigenvalue weighted by atomic mass is 9.95. The van der Waals surface area contributed by atoms with E-state index in [-0.39, 0.29) is 23.6 Å². The van der Waals surface area contributed by atoms with Gasteiger partial charge < -0.3 is 50.1 Å². The average Bonchev–Trinajstić information content (AvgIpc) is 3.13. The van der Waals surface area contributed by atoms with E-state index in [0.29, 0.717) is 10.8 Å². The lowest BCUT2D eigenvalue weighted by molar-refractivity contribution is -0.159. The molecule has 15 nitrogen and oxygen atoms in total. The molecule has 0 aliphatic carbocycles. The van der Waals surface area contributed by atoms with Gasteiger partial charge in [0.2, 0.25) is 5.91 Å². The fraction of sp³-hybridized carbons (Fsp3) is 0.458. The van der Waals surface area contributed by atoms with E-state index >= 15 is 0 Å². The second-order valence-corrected chi connectivity index (χ2v) is 16.1. The Labute approximate surface area is 243 Å². The summed E-state index contributed by atoms with van der Waals surface area (Å²) in [5.74, 6) is -2.25. The van der Waals surface area contributed by atoms with Gasteiger partial charge in [0.1, 0.15) is 23.2 Å². The van der Waals surface area contributed by atoms with Crippen molar-refractivity contribution >= 4 is 61.2 Å². The minimum atomic E-state index is -5.65. The largest absolute Gasteiger partial charge is 0.493 e. The molecule has 2 aromatic carbocycles. The first kappa shape index (κ1) is 32.2. The summed E-state index contributed by atoms with van der Waals surface area (Å²) in [6.07, 6.45) is -1.02. The molecule has 4 rings (SSSR count). The number of β-lactam (4-membered cyclic amide) rings is 1. The number of carbonyl (C=O) groups is 3. The zero-order chi connectivity index (χ0) is 31.4. The van der Waals surface area contributed by atoms with E-state index in [2.05, 4.69) is 10.6 Å². The monoisotopic (exact) mass is 647 g/mol. The van der Waals surface area contributed by atoms with Crippen LogP contribution in [0.4, 0.5) is 5.69 Å². The van der Waals surface area contributed by atoms with Gasteiger partial charge in [-0.05, 0) is 20.8 Å². The lowest BCUT2D eigenvalue weighted by Crippen LogP contribution is -2.70. The van der Waals surface area contributed by atoms with E-state index in [1.807, 2.05) is 0 Å². The highest BCUT2D eigenvalue weighted by Gasteiger charge is 2.64. The number of nitrogens with one attached hydrogen (secondary N) is 2.